The number of hydrogen-bond acceptors (Lipinski definition) is 3. The maximum absolute atomic E-state index is 6.65. The van der Waals surface area contributed by atoms with Gasteiger partial charge in [0.2, 0.25) is 5.96 Å². The van der Waals surface area contributed by atoms with E-state index in [1.807, 2.05) is 27.7 Å². The van der Waals surface area contributed by atoms with Crippen LogP contribution in [0.1, 0.15) is 27.7 Å². The summed E-state index contributed by atoms with van der Waals surface area (Å²) >= 11 is 0. The van der Waals surface area contributed by atoms with Crippen LogP contribution in [-0.2, 0) is 0 Å². The van der Waals surface area contributed by atoms with Crippen molar-refractivity contribution in [1.82, 2.24) is 5.43 Å². The van der Waals surface area contributed by atoms with Crippen LogP contribution in [0.25, 0.3) is 0 Å². The minimum Gasteiger partial charge on any atom is -0.369 e. The minimum atomic E-state index is -0.133. The molecule has 0 saturated carbocycles. The van der Waals surface area contributed by atoms with Crippen molar-refractivity contribution in [3.63, 3.8) is 0 Å². The van der Waals surface area contributed by atoms with Crippen molar-refractivity contribution in [3.8, 4) is 0 Å². The average Bonchev–Trinajstić information content (AvgIpc) is 2.12. The van der Waals surface area contributed by atoms with Gasteiger partial charge in [0.1, 0.15) is 0 Å². The molecule has 0 saturated heterocycles. The maximum atomic E-state index is 6.65. The van der Waals surface area contributed by atoms with Gasteiger partial charge in [0.15, 0.2) is 0 Å². The van der Waals surface area contributed by atoms with E-state index in [0.717, 1.165) is 11.4 Å². The summed E-state index contributed by atoms with van der Waals surface area (Å²) < 4.78 is 0. The first kappa shape index (κ1) is 16.3. The zero-order chi connectivity index (χ0) is 13.1. The molecule has 16 heavy (non-hydrogen) atoms. The van der Waals surface area contributed by atoms with Crippen molar-refractivity contribution in [2.24, 2.45) is 27.4 Å². The first-order valence-corrected chi connectivity index (χ1v) is 4.51. The van der Waals surface area contributed by atoms with E-state index in [0.29, 0.717) is 0 Å². The molecule has 0 aliphatic heterocycles. The van der Waals surface area contributed by atoms with E-state index in [4.69, 9.17) is 22.6 Å². The smallest absolute Gasteiger partial charge is 0.362 e. The number of hydrazone groups is 2. The molecule has 8 nitrogen and oxygen atoms in total. The van der Waals surface area contributed by atoms with Crippen LogP contribution in [0, 0.1) is 5.41 Å². The lowest BCUT2D eigenvalue weighted by Crippen LogP contribution is -2.72. The van der Waals surface area contributed by atoms with E-state index in [-0.39, 0.29) is 11.9 Å². The summed E-state index contributed by atoms with van der Waals surface area (Å²) in [5.74, 6) is -0.0163. The summed E-state index contributed by atoms with van der Waals surface area (Å²) in [7, 11) is 0. The molecule has 8 heteroatoms. The Kier molecular flexibility index (Phi) is 9.62. The lowest BCUT2D eigenvalue weighted by molar-refractivity contribution is -0.464. The molecule has 0 unspecified atom stereocenters. The number of hydrogen-bond donors (Lipinski definition) is 6. The van der Waals surface area contributed by atoms with Crippen LogP contribution < -0.4 is 27.7 Å². The van der Waals surface area contributed by atoms with E-state index in [2.05, 4.69) is 20.7 Å². The predicted molar refractivity (Wildman–Crippen MR) is 67.0 cm³/mol. The summed E-state index contributed by atoms with van der Waals surface area (Å²) in [6, 6.07) is 0. The highest BCUT2D eigenvalue weighted by Gasteiger charge is 1.80. The standard InChI is InChI=1S/2C4H10N4/c2*1-3(2)7-8-4(5)6/h2*1-2H3,(H4,5,6,8)/p+1. The molecule has 92 valence electrons. The molecule has 0 bridgehead atoms. The van der Waals surface area contributed by atoms with Crippen molar-refractivity contribution in [1.29, 1.82) is 5.41 Å². The molecule has 0 aliphatic rings. The maximum Gasteiger partial charge on any atom is 0.362 e. The Morgan fingerprint density at radius 3 is 1.69 bits per heavy atom. The normalized spacial score (nSPS) is 7.75. The van der Waals surface area contributed by atoms with E-state index in [9.17, 15) is 0 Å². The summed E-state index contributed by atoms with van der Waals surface area (Å²) in [4.78, 5) is 0. The molecule has 0 aromatic carbocycles. The van der Waals surface area contributed by atoms with Crippen molar-refractivity contribution >= 4 is 23.3 Å². The lowest BCUT2D eigenvalue weighted by atomic mass is 10.5. The molecule has 0 aliphatic carbocycles. The van der Waals surface area contributed by atoms with E-state index in [1.54, 1.807) is 0 Å². The largest absolute Gasteiger partial charge is 0.369 e. The van der Waals surface area contributed by atoms with Crippen molar-refractivity contribution < 1.29 is 5.10 Å². The van der Waals surface area contributed by atoms with Crippen LogP contribution in [0.4, 0.5) is 0 Å². The second-order valence-corrected chi connectivity index (χ2v) is 3.21. The van der Waals surface area contributed by atoms with Crippen molar-refractivity contribution in [2.45, 2.75) is 27.7 Å². The zero-order valence-corrected chi connectivity index (χ0v) is 10.1. The van der Waals surface area contributed by atoms with Gasteiger partial charge in [0, 0.05) is 11.4 Å². The van der Waals surface area contributed by atoms with Gasteiger partial charge in [0.25, 0.3) is 0 Å². The zero-order valence-electron chi connectivity index (χ0n) is 10.1. The Hall–Kier alpha value is -2.12. The lowest BCUT2D eigenvalue weighted by Gasteiger charge is -1.93. The molecule has 0 spiro atoms. The van der Waals surface area contributed by atoms with Crippen molar-refractivity contribution in [3.05, 3.63) is 0 Å². The monoisotopic (exact) mass is 229 g/mol. The first-order chi connectivity index (χ1) is 7.25. The van der Waals surface area contributed by atoms with Gasteiger partial charge in [-0.05, 0) is 27.7 Å². The van der Waals surface area contributed by atoms with Crippen LogP contribution in [-0.4, -0.2) is 23.3 Å². The van der Waals surface area contributed by atoms with Gasteiger partial charge in [-0.15, -0.1) is 5.10 Å². The highest BCUT2D eigenvalue weighted by molar-refractivity contribution is 5.81. The molecule has 0 fully saturated rings. The Bertz CT molecular complexity index is 273. The van der Waals surface area contributed by atoms with Crippen LogP contribution in [0.3, 0.4) is 0 Å². The Labute approximate surface area is 95.2 Å². The number of nitrogens with one attached hydrogen (secondary N) is 3. The topological polar surface area (TPSA) is 153 Å². The molecule has 0 heterocycles. The third kappa shape index (κ3) is 22.6. The molecule has 0 rings (SSSR count). The molecular formula is C8H21N8+. The average molecular weight is 229 g/mol. The number of rotatable bonds is 2. The second kappa shape index (κ2) is 9.44. The number of nitrogens with two attached hydrogens (primary N) is 3. The third-order valence-corrected chi connectivity index (χ3v) is 0.809. The van der Waals surface area contributed by atoms with E-state index in [1.165, 1.54) is 0 Å². The van der Waals surface area contributed by atoms with Crippen molar-refractivity contribution in [2.75, 3.05) is 0 Å². The third-order valence-electron chi connectivity index (χ3n) is 0.809. The van der Waals surface area contributed by atoms with Gasteiger partial charge in [-0.25, -0.2) is 5.43 Å². The Morgan fingerprint density at radius 2 is 1.56 bits per heavy atom. The Morgan fingerprint density at radius 1 is 1.06 bits per heavy atom. The summed E-state index contributed by atoms with van der Waals surface area (Å²) in [5, 5.41) is 16.4. The second-order valence-electron chi connectivity index (χ2n) is 3.21. The van der Waals surface area contributed by atoms with Crippen LogP contribution in [0.15, 0.2) is 10.2 Å². The van der Waals surface area contributed by atoms with Crippen LogP contribution in [0.2, 0.25) is 0 Å². The fourth-order valence-electron chi connectivity index (χ4n) is 0.348. The van der Waals surface area contributed by atoms with Gasteiger partial charge < -0.3 is 5.73 Å². The molecular weight excluding hydrogens is 208 g/mol. The predicted octanol–water partition coefficient (Wildman–Crippen LogP) is -2.40. The first-order valence-electron chi connectivity index (χ1n) is 4.51. The van der Waals surface area contributed by atoms with Gasteiger partial charge in [-0.1, -0.05) is 0 Å². The van der Waals surface area contributed by atoms with Gasteiger partial charge in [0.05, 0.1) is 0 Å². The number of guanidine groups is 2. The highest BCUT2D eigenvalue weighted by atomic mass is 15.3. The van der Waals surface area contributed by atoms with Gasteiger partial charge >= 0.3 is 5.96 Å². The minimum absolute atomic E-state index is 0.117. The summed E-state index contributed by atoms with van der Waals surface area (Å²) in [6.45, 7) is 7.32. The Balaban J connectivity index is 0. The molecule has 9 N–H and O–H groups in total. The molecule has 0 aromatic rings. The van der Waals surface area contributed by atoms with Gasteiger partial charge in [-0.2, -0.15) is 10.2 Å². The SMILES string of the molecule is CC(C)=NNC(=N)N.CC(C)=N[NH+]=C(N)N. The number of nitrogens with zero attached hydrogens (tertiary/aromatic N) is 2. The van der Waals surface area contributed by atoms with Crippen LogP contribution >= 0.6 is 0 Å². The highest BCUT2D eigenvalue weighted by Crippen LogP contribution is 1.66. The fraction of sp³-hybridized carbons (Fsp3) is 0.500. The van der Waals surface area contributed by atoms with Gasteiger partial charge in [-0.3, -0.25) is 16.9 Å². The van der Waals surface area contributed by atoms with Crippen LogP contribution in [0.5, 0.6) is 0 Å². The molecule has 0 atom stereocenters. The van der Waals surface area contributed by atoms with E-state index < -0.39 is 0 Å². The summed E-state index contributed by atoms with van der Waals surface area (Å²) in [5.41, 5.74) is 19.0. The molecule has 0 amide bonds. The molecule has 0 aromatic heterocycles. The summed E-state index contributed by atoms with van der Waals surface area (Å²) in [6.07, 6.45) is 0. The quantitative estimate of drug-likeness (QED) is 0.177. The molecule has 0 radical (unpaired) electrons. The van der Waals surface area contributed by atoms with E-state index >= 15 is 0 Å². The fourth-order valence-corrected chi connectivity index (χ4v) is 0.348.